The van der Waals surface area contributed by atoms with E-state index in [4.69, 9.17) is 0 Å². The van der Waals surface area contributed by atoms with Gasteiger partial charge in [0.1, 0.15) is 5.78 Å². The van der Waals surface area contributed by atoms with E-state index in [2.05, 4.69) is 45.3 Å². The third kappa shape index (κ3) is 1.59. The zero-order valence-corrected chi connectivity index (χ0v) is 10.4. The number of halogens is 1. The quantitative estimate of drug-likeness (QED) is 0.846. The molecule has 1 aromatic heterocycles. The molecule has 0 bridgehead atoms. The van der Waals surface area contributed by atoms with Crippen LogP contribution in [-0.4, -0.2) is 10.8 Å². The van der Waals surface area contributed by atoms with Crippen LogP contribution in [-0.2, 0) is 4.79 Å². The molecule has 1 fully saturated rings. The molecule has 1 heterocycles. The lowest BCUT2D eigenvalue weighted by Gasteiger charge is -2.05. The van der Waals surface area contributed by atoms with Crippen molar-refractivity contribution in [3.63, 3.8) is 0 Å². The Bertz CT molecular complexity index is 558. The Hall–Kier alpha value is -1.09. The highest BCUT2D eigenvalue weighted by molar-refractivity contribution is 9.10. The van der Waals surface area contributed by atoms with Crippen molar-refractivity contribution in [1.82, 2.24) is 4.98 Å². The minimum Gasteiger partial charge on any atom is -0.361 e. The first-order valence-electron chi connectivity index (χ1n) is 5.52. The molecule has 82 valence electrons. The molecule has 0 aliphatic heterocycles. The van der Waals surface area contributed by atoms with Gasteiger partial charge in [-0.15, -0.1) is 0 Å². The highest BCUT2D eigenvalue weighted by Crippen LogP contribution is 2.36. The zero-order valence-electron chi connectivity index (χ0n) is 8.79. The first-order valence-corrected chi connectivity index (χ1v) is 6.31. The summed E-state index contributed by atoms with van der Waals surface area (Å²) in [5.41, 5.74) is 2.44. The molecule has 1 aliphatic rings. The van der Waals surface area contributed by atoms with Crippen molar-refractivity contribution in [2.75, 3.05) is 0 Å². The molecule has 16 heavy (non-hydrogen) atoms. The van der Waals surface area contributed by atoms with Gasteiger partial charge < -0.3 is 4.98 Å². The van der Waals surface area contributed by atoms with E-state index in [1.807, 2.05) is 0 Å². The second kappa shape index (κ2) is 3.74. The lowest BCUT2D eigenvalue weighted by Crippen LogP contribution is -1.92. The summed E-state index contributed by atoms with van der Waals surface area (Å²) in [5, 5.41) is 1.25. The van der Waals surface area contributed by atoms with Gasteiger partial charge in [0.2, 0.25) is 0 Å². The van der Waals surface area contributed by atoms with Crippen LogP contribution in [0.15, 0.2) is 28.9 Å². The Morgan fingerprint density at radius 2 is 2.25 bits per heavy atom. The molecule has 3 rings (SSSR count). The third-order valence-corrected chi connectivity index (χ3v) is 3.85. The van der Waals surface area contributed by atoms with Gasteiger partial charge in [-0.05, 0) is 30.0 Å². The second-order valence-electron chi connectivity index (χ2n) is 4.41. The summed E-state index contributed by atoms with van der Waals surface area (Å²) < 4.78 is 1.08. The van der Waals surface area contributed by atoms with Crippen LogP contribution in [0, 0.1) is 0 Å². The Kier molecular flexibility index (Phi) is 2.36. The molecule has 1 aliphatic carbocycles. The molecule has 1 N–H and O–H groups in total. The average molecular weight is 278 g/mol. The monoisotopic (exact) mass is 277 g/mol. The summed E-state index contributed by atoms with van der Waals surface area (Å²) in [4.78, 5) is 14.6. The summed E-state index contributed by atoms with van der Waals surface area (Å²) >= 11 is 3.46. The Morgan fingerprint density at radius 1 is 1.38 bits per heavy atom. The number of hydrogen-bond acceptors (Lipinski definition) is 1. The highest BCUT2D eigenvalue weighted by Gasteiger charge is 2.25. The molecule has 0 radical (unpaired) electrons. The number of benzene rings is 1. The summed E-state index contributed by atoms with van der Waals surface area (Å²) in [7, 11) is 0. The van der Waals surface area contributed by atoms with E-state index in [1.54, 1.807) is 0 Å². The van der Waals surface area contributed by atoms with Crippen LogP contribution < -0.4 is 0 Å². The average Bonchev–Trinajstić information content (AvgIpc) is 2.83. The number of aromatic nitrogens is 1. The van der Waals surface area contributed by atoms with E-state index in [9.17, 15) is 4.79 Å². The normalized spacial score (nSPS) is 20.8. The van der Waals surface area contributed by atoms with Crippen molar-refractivity contribution in [2.24, 2.45) is 0 Å². The molecule has 1 aromatic carbocycles. The summed E-state index contributed by atoms with van der Waals surface area (Å²) in [5.74, 6) is 0.818. The molecule has 1 atom stereocenters. The SMILES string of the molecule is O=C1CCC(c2c[nH]c3cc(Br)ccc23)C1. The van der Waals surface area contributed by atoms with Gasteiger partial charge in [-0.1, -0.05) is 22.0 Å². The molecule has 2 aromatic rings. The Labute approximate surface area is 102 Å². The molecule has 0 spiro atoms. The van der Waals surface area contributed by atoms with Crippen LogP contribution in [0.4, 0.5) is 0 Å². The fourth-order valence-corrected chi connectivity index (χ4v) is 2.90. The molecule has 3 heteroatoms. The standard InChI is InChI=1S/C13H12BrNO/c14-9-2-4-11-12(7-15-13(11)6-9)8-1-3-10(16)5-8/h2,4,6-8,15H,1,3,5H2. The smallest absolute Gasteiger partial charge is 0.133 e. The number of H-pyrrole nitrogens is 1. The second-order valence-corrected chi connectivity index (χ2v) is 5.33. The summed E-state index contributed by atoms with van der Waals surface area (Å²) in [6, 6.07) is 6.25. The maximum Gasteiger partial charge on any atom is 0.133 e. The van der Waals surface area contributed by atoms with Crippen molar-refractivity contribution in [3.8, 4) is 0 Å². The van der Waals surface area contributed by atoms with E-state index in [-0.39, 0.29) is 0 Å². The number of carbonyl (C=O) groups is 1. The number of carbonyl (C=O) groups excluding carboxylic acids is 1. The van der Waals surface area contributed by atoms with Crippen molar-refractivity contribution in [3.05, 3.63) is 34.4 Å². The molecule has 0 saturated heterocycles. The molecule has 1 saturated carbocycles. The van der Waals surface area contributed by atoms with Crippen LogP contribution >= 0.6 is 15.9 Å². The minimum atomic E-state index is 0.400. The number of nitrogens with one attached hydrogen (secondary N) is 1. The molecular weight excluding hydrogens is 266 g/mol. The molecular formula is C13H12BrNO. The predicted molar refractivity (Wildman–Crippen MR) is 67.6 cm³/mol. The maximum atomic E-state index is 11.3. The zero-order chi connectivity index (χ0) is 11.1. The lowest BCUT2D eigenvalue weighted by atomic mass is 9.97. The van der Waals surface area contributed by atoms with E-state index in [1.165, 1.54) is 10.9 Å². The Balaban J connectivity index is 2.07. The van der Waals surface area contributed by atoms with E-state index >= 15 is 0 Å². The van der Waals surface area contributed by atoms with Crippen LogP contribution in [0.2, 0.25) is 0 Å². The third-order valence-electron chi connectivity index (χ3n) is 3.36. The first-order chi connectivity index (χ1) is 7.74. The van der Waals surface area contributed by atoms with Crippen LogP contribution in [0.25, 0.3) is 10.9 Å². The number of hydrogen-bond donors (Lipinski definition) is 1. The van der Waals surface area contributed by atoms with Gasteiger partial charge >= 0.3 is 0 Å². The Morgan fingerprint density at radius 3 is 3.00 bits per heavy atom. The molecule has 1 unspecified atom stereocenters. The summed E-state index contributed by atoms with van der Waals surface area (Å²) in [6.45, 7) is 0. The fraction of sp³-hybridized carbons (Fsp3) is 0.308. The highest BCUT2D eigenvalue weighted by atomic mass is 79.9. The van der Waals surface area contributed by atoms with Crippen LogP contribution in [0.5, 0.6) is 0 Å². The topological polar surface area (TPSA) is 32.9 Å². The van der Waals surface area contributed by atoms with Crippen LogP contribution in [0.3, 0.4) is 0 Å². The van der Waals surface area contributed by atoms with Crippen molar-refractivity contribution < 1.29 is 4.79 Å². The lowest BCUT2D eigenvalue weighted by molar-refractivity contribution is -0.117. The van der Waals surface area contributed by atoms with Crippen molar-refractivity contribution in [2.45, 2.75) is 25.2 Å². The van der Waals surface area contributed by atoms with Crippen molar-refractivity contribution in [1.29, 1.82) is 0 Å². The fourth-order valence-electron chi connectivity index (χ4n) is 2.54. The van der Waals surface area contributed by atoms with E-state index in [0.29, 0.717) is 18.1 Å². The van der Waals surface area contributed by atoms with E-state index in [0.717, 1.165) is 22.8 Å². The molecule has 2 nitrogen and oxygen atoms in total. The van der Waals surface area contributed by atoms with Crippen LogP contribution in [0.1, 0.15) is 30.7 Å². The number of Topliss-reactive ketones (excluding diaryl/α,β-unsaturated/α-hetero) is 1. The predicted octanol–water partition coefficient (Wildman–Crippen LogP) is 3.77. The minimum absolute atomic E-state index is 0.400. The summed E-state index contributed by atoms with van der Waals surface area (Å²) in [6.07, 6.45) is 4.51. The van der Waals surface area contributed by atoms with Gasteiger partial charge in [-0.25, -0.2) is 0 Å². The number of ketones is 1. The van der Waals surface area contributed by atoms with Gasteiger partial charge in [0, 0.05) is 34.4 Å². The first kappa shape index (κ1) is 10.1. The van der Waals surface area contributed by atoms with Gasteiger partial charge in [0.15, 0.2) is 0 Å². The number of aromatic amines is 1. The van der Waals surface area contributed by atoms with Gasteiger partial charge in [0.05, 0.1) is 0 Å². The molecule has 0 amide bonds. The van der Waals surface area contributed by atoms with Gasteiger partial charge in [-0.2, -0.15) is 0 Å². The maximum absolute atomic E-state index is 11.3. The number of fused-ring (bicyclic) bond motifs is 1. The van der Waals surface area contributed by atoms with Gasteiger partial charge in [-0.3, -0.25) is 4.79 Å². The van der Waals surface area contributed by atoms with E-state index < -0.39 is 0 Å². The largest absolute Gasteiger partial charge is 0.361 e. The number of rotatable bonds is 1. The van der Waals surface area contributed by atoms with Gasteiger partial charge in [0.25, 0.3) is 0 Å². The van der Waals surface area contributed by atoms with Crippen molar-refractivity contribution >= 4 is 32.6 Å².